The van der Waals surface area contributed by atoms with Crippen molar-refractivity contribution in [1.82, 2.24) is 10.3 Å². The van der Waals surface area contributed by atoms with Crippen molar-refractivity contribution in [3.8, 4) is 0 Å². The molecule has 0 saturated heterocycles. The maximum Gasteiger partial charge on any atom is 0.237 e. The molecule has 1 aromatic heterocycles. The third-order valence-electron chi connectivity index (χ3n) is 2.46. The summed E-state index contributed by atoms with van der Waals surface area (Å²) in [5.41, 5.74) is 7.67. The van der Waals surface area contributed by atoms with Crippen LogP contribution in [-0.2, 0) is 11.3 Å². The lowest BCUT2D eigenvalue weighted by Crippen LogP contribution is -2.43. The SMILES string of the molecule is Cc1ccc(CNC(=O)C(N)C(C)C)cn1. The number of hydrogen-bond donors (Lipinski definition) is 2. The van der Waals surface area contributed by atoms with Crippen molar-refractivity contribution in [3.05, 3.63) is 29.6 Å². The number of carbonyl (C=O) groups is 1. The van der Waals surface area contributed by atoms with Gasteiger partial charge in [-0.25, -0.2) is 0 Å². The predicted molar refractivity (Wildman–Crippen MR) is 63.6 cm³/mol. The van der Waals surface area contributed by atoms with Gasteiger partial charge in [0.2, 0.25) is 5.91 Å². The van der Waals surface area contributed by atoms with E-state index in [4.69, 9.17) is 5.73 Å². The van der Waals surface area contributed by atoms with E-state index in [1.54, 1.807) is 6.20 Å². The standard InChI is InChI=1S/C12H19N3O/c1-8(2)11(13)12(16)15-7-10-5-4-9(3)14-6-10/h4-6,8,11H,7,13H2,1-3H3,(H,15,16). The Morgan fingerprint density at radius 2 is 2.19 bits per heavy atom. The van der Waals surface area contributed by atoms with Gasteiger partial charge in [0.15, 0.2) is 0 Å². The van der Waals surface area contributed by atoms with Gasteiger partial charge in [-0.05, 0) is 24.5 Å². The van der Waals surface area contributed by atoms with E-state index in [1.165, 1.54) is 0 Å². The molecule has 88 valence electrons. The number of pyridine rings is 1. The number of amides is 1. The van der Waals surface area contributed by atoms with E-state index in [0.29, 0.717) is 6.54 Å². The van der Waals surface area contributed by atoms with Crippen LogP contribution in [0.4, 0.5) is 0 Å². The fourth-order valence-electron chi connectivity index (χ4n) is 1.21. The number of nitrogens with two attached hydrogens (primary N) is 1. The average molecular weight is 221 g/mol. The molecule has 0 aromatic carbocycles. The normalized spacial score (nSPS) is 12.6. The van der Waals surface area contributed by atoms with Crippen LogP contribution in [0.25, 0.3) is 0 Å². The van der Waals surface area contributed by atoms with E-state index >= 15 is 0 Å². The Balaban J connectivity index is 2.46. The molecule has 0 aliphatic carbocycles. The van der Waals surface area contributed by atoms with Crippen LogP contribution in [0.1, 0.15) is 25.1 Å². The average Bonchev–Trinajstić information content (AvgIpc) is 2.26. The smallest absolute Gasteiger partial charge is 0.237 e. The van der Waals surface area contributed by atoms with E-state index in [9.17, 15) is 4.79 Å². The molecule has 0 radical (unpaired) electrons. The highest BCUT2D eigenvalue weighted by Crippen LogP contribution is 2.01. The highest BCUT2D eigenvalue weighted by atomic mass is 16.2. The molecule has 4 nitrogen and oxygen atoms in total. The molecule has 0 aliphatic rings. The second-order valence-corrected chi connectivity index (χ2v) is 4.30. The van der Waals surface area contributed by atoms with E-state index in [2.05, 4.69) is 10.3 Å². The van der Waals surface area contributed by atoms with E-state index in [-0.39, 0.29) is 11.8 Å². The van der Waals surface area contributed by atoms with Gasteiger partial charge in [0, 0.05) is 18.4 Å². The fourth-order valence-corrected chi connectivity index (χ4v) is 1.21. The van der Waals surface area contributed by atoms with Crippen molar-refractivity contribution in [3.63, 3.8) is 0 Å². The minimum Gasteiger partial charge on any atom is -0.351 e. The van der Waals surface area contributed by atoms with Crippen molar-refractivity contribution in [2.75, 3.05) is 0 Å². The lowest BCUT2D eigenvalue weighted by molar-refractivity contribution is -0.123. The zero-order valence-electron chi connectivity index (χ0n) is 10.0. The summed E-state index contributed by atoms with van der Waals surface area (Å²) in [6, 6.07) is 3.42. The first-order valence-electron chi connectivity index (χ1n) is 5.45. The monoisotopic (exact) mass is 221 g/mol. The predicted octanol–water partition coefficient (Wildman–Crippen LogP) is 0.990. The minimum atomic E-state index is -0.446. The zero-order valence-corrected chi connectivity index (χ0v) is 10.0. The lowest BCUT2D eigenvalue weighted by atomic mass is 10.1. The summed E-state index contributed by atoms with van der Waals surface area (Å²) in [6.45, 7) is 6.26. The Kier molecular flexibility index (Phi) is 4.43. The molecule has 3 N–H and O–H groups in total. The van der Waals surface area contributed by atoms with Crippen LogP contribution >= 0.6 is 0 Å². The third kappa shape index (κ3) is 3.62. The number of carbonyl (C=O) groups excluding carboxylic acids is 1. The van der Waals surface area contributed by atoms with Gasteiger partial charge in [0.25, 0.3) is 0 Å². The lowest BCUT2D eigenvalue weighted by Gasteiger charge is -2.15. The number of aromatic nitrogens is 1. The molecule has 0 bridgehead atoms. The maximum absolute atomic E-state index is 11.6. The minimum absolute atomic E-state index is 0.115. The number of nitrogens with one attached hydrogen (secondary N) is 1. The largest absolute Gasteiger partial charge is 0.351 e. The van der Waals surface area contributed by atoms with E-state index in [1.807, 2.05) is 32.9 Å². The molecular formula is C12H19N3O. The molecule has 0 saturated carbocycles. The number of rotatable bonds is 4. The Morgan fingerprint density at radius 3 is 2.69 bits per heavy atom. The summed E-state index contributed by atoms with van der Waals surface area (Å²) in [4.78, 5) is 15.7. The quantitative estimate of drug-likeness (QED) is 0.796. The summed E-state index contributed by atoms with van der Waals surface area (Å²) in [6.07, 6.45) is 1.76. The van der Waals surface area contributed by atoms with Gasteiger partial charge >= 0.3 is 0 Å². The van der Waals surface area contributed by atoms with Gasteiger partial charge in [0.1, 0.15) is 0 Å². The summed E-state index contributed by atoms with van der Waals surface area (Å²) in [7, 11) is 0. The van der Waals surface area contributed by atoms with E-state index < -0.39 is 6.04 Å². The first-order valence-corrected chi connectivity index (χ1v) is 5.45. The van der Waals surface area contributed by atoms with Gasteiger partial charge in [-0.15, -0.1) is 0 Å². The van der Waals surface area contributed by atoms with Crippen LogP contribution in [-0.4, -0.2) is 16.9 Å². The molecule has 1 unspecified atom stereocenters. The first kappa shape index (κ1) is 12.6. The van der Waals surface area contributed by atoms with Crippen LogP contribution < -0.4 is 11.1 Å². The zero-order chi connectivity index (χ0) is 12.1. The summed E-state index contributed by atoms with van der Waals surface area (Å²) in [5, 5.41) is 2.80. The van der Waals surface area contributed by atoms with Crippen molar-refractivity contribution < 1.29 is 4.79 Å². The van der Waals surface area contributed by atoms with Gasteiger partial charge < -0.3 is 11.1 Å². The van der Waals surface area contributed by atoms with Crippen molar-refractivity contribution in [2.24, 2.45) is 11.7 Å². The molecule has 1 amide bonds. The number of aryl methyl sites for hydroxylation is 1. The van der Waals surface area contributed by atoms with Gasteiger partial charge in [-0.3, -0.25) is 9.78 Å². The molecule has 1 rings (SSSR count). The Bertz CT molecular complexity index is 346. The summed E-state index contributed by atoms with van der Waals surface area (Å²) < 4.78 is 0. The summed E-state index contributed by atoms with van der Waals surface area (Å²) >= 11 is 0. The highest BCUT2D eigenvalue weighted by molar-refractivity contribution is 5.81. The number of hydrogen-bond acceptors (Lipinski definition) is 3. The second-order valence-electron chi connectivity index (χ2n) is 4.30. The van der Waals surface area contributed by atoms with Crippen LogP contribution in [0, 0.1) is 12.8 Å². The van der Waals surface area contributed by atoms with Crippen LogP contribution in [0.15, 0.2) is 18.3 Å². The molecule has 0 aliphatic heterocycles. The van der Waals surface area contributed by atoms with Gasteiger partial charge in [0.05, 0.1) is 6.04 Å². The Hall–Kier alpha value is -1.42. The Labute approximate surface area is 96.3 Å². The van der Waals surface area contributed by atoms with Crippen LogP contribution in [0.5, 0.6) is 0 Å². The molecular weight excluding hydrogens is 202 g/mol. The molecule has 1 atom stereocenters. The van der Waals surface area contributed by atoms with Gasteiger partial charge in [-0.2, -0.15) is 0 Å². The molecule has 4 heteroatoms. The second kappa shape index (κ2) is 5.61. The third-order valence-corrected chi connectivity index (χ3v) is 2.46. The molecule has 16 heavy (non-hydrogen) atoms. The molecule has 0 fully saturated rings. The number of nitrogens with zero attached hydrogens (tertiary/aromatic N) is 1. The van der Waals surface area contributed by atoms with Crippen molar-refractivity contribution >= 4 is 5.91 Å². The molecule has 1 aromatic rings. The van der Waals surface area contributed by atoms with Crippen LogP contribution in [0.2, 0.25) is 0 Å². The first-order chi connectivity index (χ1) is 7.50. The Morgan fingerprint density at radius 1 is 1.50 bits per heavy atom. The van der Waals surface area contributed by atoms with Crippen molar-refractivity contribution in [2.45, 2.75) is 33.4 Å². The van der Waals surface area contributed by atoms with Crippen molar-refractivity contribution in [1.29, 1.82) is 0 Å². The molecule has 1 heterocycles. The fraction of sp³-hybridized carbons (Fsp3) is 0.500. The molecule has 0 spiro atoms. The summed E-state index contributed by atoms with van der Waals surface area (Å²) in [5.74, 6) is 0.0340. The highest BCUT2D eigenvalue weighted by Gasteiger charge is 2.16. The maximum atomic E-state index is 11.6. The topological polar surface area (TPSA) is 68.0 Å². The van der Waals surface area contributed by atoms with Gasteiger partial charge in [-0.1, -0.05) is 19.9 Å². The van der Waals surface area contributed by atoms with Crippen LogP contribution in [0.3, 0.4) is 0 Å². The van der Waals surface area contributed by atoms with E-state index in [0.717, 1.165) is 11.3 Å².